The minimum atomic E-state index is -3.14. The third-order valence-corrected chi connectivity index (χ3v) is 2.97. The number of rotatable bonds is 5. The quantitative estimate of drug-likeness (QED) is 0.758. The highest BCUT2D eigenvalue weighted by atomic mass is 32.2. The van der Waals surface area contributed by atoms with Gasteiger partial charge in [-0.1, -0.05) is 12.1 Å². The Labute approximate surface area is 77.2 Å². The van der Waals surface area contributed by atoms with Crippen LogP contribution in [-0.2, 0) is 16.6 Å². The molecule has 74 valence electrons. The molecule has 0 spiro atoms. The van der Waals surface area contributed by atoms with Gasteiger partial charge in [-0.15, -0.1) is 0 Å². The smallest absolute Gasteiger partial charge is 0.211 e. The fraction of sp³-hybridized carbons (Fsp3) is 0.571. The highest BCUT2D eigenvalue weighted by Gasteiger charge is 2.08. The maximum absolute atomic E-state index is 11.2. The summed E-state index contributed by atoms with van der Waals surface area (Å²) in [4.78, 5) is 0. The average molecular weight is 204 g/mol. The van der Waals surface area contributed by atoms with Crippen LogP contribution in [0.2, 0.25) is 0 Å². The Morgan fingerprint density at radius 1 is 1.62 bits per heavy atom. The third-order valence-electron chi connectivity index (χ3n) is 1.44. The van der Waals surface area contributed by atoms with E-state index in [1.54, 1.807) is 6.07 Å². The summed E-state index contributed by atoms with van der Waals surface area (Å²) >= 11 is 0. The number of nitrogens with zero attached hydrogens (tertiary/aromatic N) is 1. The van der Waals surface area contributed by atoms with Gasteiger partial charge in [0.25, 0.3) is 0 Å². The first kappa shape index (κ1) is 10.2. The second-order valence-electron chi connectivity index (χ2n) is 2.63. The first-order chi connectivity index (χ1) is 6.14. The Balaban J connectivity index is 2.43. The van der Waals surface area contributed by atoms with Crippen molar-refractivity contribution in [2.75, 3.05) is 5.75 Å². The number of hydrogen-bond donors (Lipinski definition) is 1. The van der Waals surface area contributed by atoms with Gasteiger partial charge in [-0.3, -0.25) is 0 Å². The number of hydrogen-bond acceptors (Lipinski definition) is 4. The van der Waals surface area contributed by atoms with Gasteiger partial charge in [-0.25, -0.2) is 13.1 Å². The Bertz CT molecular complexity index is 331. The minimum absolute atomic E-state index is 0.144. The predicted octanol–water partition coefficient (Wildman–Crippen LogP) is 0.504. The molecule has 0 aliphatic heterocycles. The first-order valence-electron chi connectivity index (χ1n) is 4.00. The molecule has 0 aromatic carbocycles. The van der Waals surface area contributed by atoms with Gasteiger partial charge < -0.3 is 4.52 Å². The second-order valence-corrected chi connectivity index (χ2v) is 4.56. The molecule has 13 heavy (non-hydrogen) atoms. The fourth-order valence-corrected chi connectivity index (χ4v) is 1.90. The topological polar surface area (TPSA) is 72.2 Å². The molecule has 1 heterocycles. The molecular weight excluding hydrogens is 192 g/mol. The Morgan fingerprint density at radius 3 is 2.92 bits per heavy atom. The van der Waals surface area contributed by atoms with Gasteiger partial charge in [0.1, 0.15) is 6.26 Å². The Kier molecular flexibility index (Phi) is 3.44. The molecule has 0 aliphatic carbocycles. The van der Waals surface area contributed by atoms with E-state index in [-0.39, 0.29) is 12.3 Å². The first-order valence-corrected chi connectivity index (χ1v) is 5.66. The molecule has 0 bridgehead atoms. The summed E-state index contributed by atoms with van der Waals surface area (Å²) in [5.74, 6) is 0.144. The number of aromatic nitrogens is 1. The van der Waals surface area contributed by atoms with E-state index in [1.165, 1.54) is 6.26 Å². The van der Waals surface area contributed by atoms with Crippen LogP contribution < -0.4 is 4.72 Å². The molecule has 0 radical (unpaired) electrons. The average Bonchev–Trinajstić information content (AvgIpc) is 2.52. The van der Waals surface area contributed by atoms with Crippen LogP contribution in [0.25, 0.3) is 0 Å². The summed E-state index contributed by atoms with van der Waals surface area (Å²) in [6.07, 6.45) is 2.01. The SMILES string of the molecule is CCCS(=O)(=O)NCc1ccon1. The zero-order chi connectivity index (χ0) is 9.73. The van der Waals surface area contributed by atoms with Gasteiger partial charge in [0, 0.05) is 6.07 Å². The van der Waals surface area contributed by atoms with Gasteiger partial charge in [-0.2, -0.15) is 0 Å². The lowest BCUT2D eigenvalue weighted by Gasteiger charge is -2.01. The molecule has 0 saturated heterocycles. The summed E-state index contributed by atoms with van der Waals surface area (Å²) < 4.78 is 29.3. The maximum Gasteiger partial charge on any atom is 0.211 e. The lowest BCUT2D eigenvalue weighted by atomic mass is 10.5. The molecule has 1 rings (SSSR count). The van der Waals surface area contributed by atoms with Crippen molar-refractivity contribution in [3.63, 3.8) is 0 Å². The zero-order valence-electron chi connectivity index (χ0n) is 7.36. The van der Waals surface area contributed by atoms with E-state index in [9.17, 15) is 8.42 Å². The van der Waals surface area contributed by atoms with Gasteiger partial charge in [-0.05, 0) is 6.42 Å². The normalized spacial score (nSPS) is 11.8. The van der Waals surface area contributed by atoms with Crippen molar-refractivity contribution in [1.29, 1.82) is 0 Å². The molecule has 1 N–H and O–H groups in total. The van der Waals surface area contributed by atoms with Crippen LogP contribution in [0, 0.1) is 0 Å². The predicted molar refractivity (Wildman–Crippen MR) is 47.4 cm³/mol. The van der Waals surface area contributed by atoms with Gasteiger partial charge in [0.2, 0.25) is 10.0 Å². The Hall–Kier alpha value is -0.880. The molecule has 5 nitrogen and oxygen atoms in total. The van der Waals surface area contributed by atoms with Crippen LogP contribution in [0.4, 0.5) is 0 Å². The molecule has 0 aliphatic rings. The monoisotopic (exact) mass is 204 g/mol. The summed E-state index contributed by atoms with van der Waals surface area (Å²) in [7, 11) is -3.14. The molecule has 1 aromatic heterocycles. The number of nitrogens with one attached hydrogen (secondary N) is 1. The van der Waals surface area contributed by atoms with E-state index < -0.39 is 10.0 Å². The highest BCUT2D eigenvalue weighted by Crippen LogP contribution is 1.95. The maximum atomic E-state index is 11.2. The van der Waals surface area contributed by atoms with Crippen LogP contribution in [0.15, 0.2) is 16.9 Å². The van der Waals surface area contributed by atoms with Crippen molar-refractivity contribution >= 4 is 10.0 Å². The summed E-state index contributed by atoms with van der Waals surface area (Å²) in [6.45, 7) is 2.01. The van der Waals surface area contributed by atoms with Crippen LogP contribution in [0.3, 0.4) is 0 Å². The van der Waals surface area contributed by atoms with Crippen molar-refractivity contribution in [2.24, 2.45) is 0 Å². The minimum Gasteiger partial charge on any atom is -0.364 e. The van der Waals surface area contributed by atoms with E-state index in [0.717, 1.165) is 0 Å². The molecule has 0 fully saturated rings. The number of sulfonamides is 1. The molecule has 0 amide bonds. The third kappa shape index (κ3) is 3.56. The van der Waals surface area contributed by atoms with Gasteiger partial charge in [0.05, 0.1) is 18.0 Å². The fourth-order valence-electron chi connectivity index (χ4n) is 0.854. The van der Waals surface area contributed by atoms with Crippen molar-refractivity contribution < 1.29 is 12.9 Å². The van der Waals surface area contributed by atoms with Crippen LogP contribution in [0.1, 0.15) is 19.0 Å². The lowest BCUT2D eigenvalue weighted by molar-refractivity contribution is 0.411. The lowest BCUT2D eigenvalue weighted by Crippen LogP contribution is -2.25. The van der Waals surface area contributed by atoms with Crippen LogP contribution >= 0.6 is 0 Å². The molecular formula is C7H12N2O3S. The van der Waals surface area contributed by atoms with Crippen LogP contribution in [-0.4, -0.2) is 19.3 Å². The summed E-state index contributed by atoms with van der Waals surface area (Å²) in [6, 6.07) is 1.62. The molecule has 0 atom stereocenters. The standard InChI is InChI=1S/C7H12N2O3S/c1-2-5-13(10,11)8-6-7-3-4-12-9-7/h3-4,8H,2,5-6H2,1H3. The summed E-state index contributed by atoms with van der Waals surface area (Å²) in [5, 5.41) is 3.58. The summed E-state index contributed by atoms with van der Waals surface area (Å²) in [5.41, 5.74) is 0.583. The Morgan fingerprint density at radius 2 is 2.38 bits per heavy atom. The van der Waals surface area contributed by atoms with E-state index in [2.05, 4.69) is 14.4 Å². The molecule has 6 heteroatoms. The van der Waals surface area contributed by atoms with Crippen LogP contribution in [0.5, 0.6) is 0 Å². The molecule has 0 saturated carbocycles. The van der Waals surface area contributed by atoms with E-state index >= 15 is 0 Å². The second kappa shape index (κ2) is 4.38. The van der Waals surface area contributed by atoms with E-state index in [0.29, 0.717) is 12.1 Å². The van der Waals surface area contributed by atoms with E-state index in [1.807, 2.05) is 6.92 Å². The van der Waals surface area contributed by atoms with E-state index in [4.69, 9.17) is 0 Å². The zero-order valence-corrected chi connectivity index (χ0v) is 8.17. The van der Waals surface area contributed by atoms with Crippen molar-refractivity contribution in [1.82, 2.24) is 9.88 Å². The van der Waals surface area contributed by atoms with Crippen molar-refractivity contribution in [3.05, 3.63) is 18.0 Å². The van der Waals surface area contributed by atoms with Crippen molar-refractivity contribution in [3.8, 4) is 0 Å². The largest absolute Gasteiger partial charge is 0.364 e. The van der Waals surface area contributed by atoms with Gasteiger partial charge in [0.15, 0.2) is 0 Å². The molecule has 1 aromatic rings. The highest BCUT2D eigenvalue weighted by molar-refractivity contribution is 7.89. The van der Waals surface area contributed by atoms with Crippen molar-refractivity contribution in [2.45, 2.75) is 19.9 Å². The van der Waals surface area contributed by atoms with Gasteiger partial charge >= 0.3 is 0 Å². The molecule has 0 unspecified atom stereocenters.